The number of aromatic nitrogens is 3. The highest BCUT2D eigenvalue weighted by atomic mass is 15.0. The smallest absolute Gasteiger partial charge is 0.185 e. The van der Waals surface area contributed by atoms with E-state index in [0.29, 0.717) is 11.5 Å². The number of pyridine rings is 1. The van der Waals surface area contributed by atoms with Crippen molar-refractivity contribution in [3.63, 3.8) is 0 Å². The zero-order chi connectivity index (χ0) is 8.55. The van der Waals surface area contributed by atoms with Crippen LogP contribution in [0.2, 0.25) is 0 Å². The van der Waals surface area contributed by atoms with Gasteiger partial charge in [-0.25, -0.2) is 9.97 Å². The van der Waals surface area contributed by atoms with Gasteiger partial charge in [0.15, 0.2) is 11.5 Å². The Kier molecular flexibility index (Phi) is 1.34. The molecule has 3 heteroatoms. The molecule has 0 amide bonds. The first-order chi connectivity index (χ1) is 5.79. The fraction of sp³-hybridized carbons (Fsp3) is 0.111. The second-order valence-corrected chi connectivity index (χ2v) is 2.55. The van der Waals surface area contributed by atoms with Gasteiger partial charge in [-0.05, 0) is 25.0 Å². The molecule has 2 heterocycles. The molecule has 0 saturated heterocycles. The number of H-pyrrole nitrogens is 1. The van der Waals surface area contributed by atoms with Crippen molar-refractivity contribution in [3.8, 4) is 12.3 Å². The molecule has 0 bridgehead atoms. The van der Waals surface area contributed by atoms with Crippen LogP contribution in [0.4, 0.5) is 0 Å². The summed E-state index contributed by atoms with van der Waals surface area (Å²) in [5.74, 6) is 2.96. The number of hydrogen-bond donors (Lipinski definition) is 1. The van der Waals surface area contributed by atoms with Crippen LogP contribution >= 0.6 is 0 Å². The predicted molar refractivity (Wildman–Crippen MR) is 46.6 cm³/mol. The minimum atomic E-state index is 0.531. The molecule has 2 aromatic heterocycles. The lowest BCUT2D eigenvalue weighted by Crippen LogP contribution is -1.80. The lowest BCUT2D eigenvalue weighted by molar-refractivity contribution is 1.21. The van der Waals surface area contributed by atoms with Crippen LogP contribution in [0, 0.1) is 19.3 Å². The first-order valence-corrected chi connectivity index (χ1v) is 3.59. The number of rotatable bonds is 0. The Bertz CT molecular complexity index is 462. The van der Waals surface area contributed by atoms with Crippen molar-refractivity contribution < 1.29 is 0 Å². The second kappa shape index (κ2) is 2.35. The van der Waals surface area contributed by atoms with Gasteiger partial charge in [0.2, 0.25) is 0 Å². The lowest BCUT2D eigenvalue weighted by atomic mass is 10.4. The molecule has 3 nitrogen and oxygen atoms in total. The zero-order valence-electron chi connectivity index (χ0n) is 6.63. The van der Waals surface area contributed by atoms with E-state index in [4.69, 9.17) is 6.42 Å². The molecular formula is C9H7N3. The molecule has 0 saturated carbocycles. The molecule has 0 radical (unpaired) electrons. The molecule has 2 rings (SSSR count). The molecule has 58 valence electrons. The number of aromatic amines is 1. The van der Waals surface area contributed by atoms with E-state index in [2.05, 4.69) is 20.9 Å². The topological polar surface area (TPSA) is 41.6 Å². The first-order valence-electron chi connectivity index (χ1n) is 3.59. The van der Waals surface area contributed by atoms with Crippen LogP contribution in [-0.4, -0.2) is 15.0 Å². The minimum absolute atomic E-state index is 0.531. The Morgan fingerprint density at radius 1 is 1.42 bits per heavy atom. The van der Waals surface area contributed by atoms with Gasteiger partial charge in [-0.1, -0.05) is 0 Å². The molecule has 12 heavy (non-hydrogen) atoms. The van der Waals surface area contributed by atoms with Gasteiger partial charge in [0, 0.05) is 5.69 Å². The molecular weight excluding hydrogens is 150 g/mol. The fourth-order valence-electron chi connectivity index (χ4n) is 1.06. The van der Waals surface area contributed by atoms with Gasteiger partial charge in [-0.3, -0.25) is 0 Å². The van der Waals surface area contributed by atoms with E-state index in [0.717, 1.165) is 11.2 Å². The summed E-state index contributed by atoms with van der Waals surface area (Å²) in [5, 5.41) is 0. The third-order valence-electron chi connectivity index (χ3n) is 1.62. The van der Waals surface area contributed by atoms with Crippen molar-refractivity contribution >= 4 is 11.2 Å². The largest absolute Gasteiger partial charge is 0.330 e. The molecule has 0 atom stereocenters. The number of imidazole rings is 1. The highest BCUT2D eigenvalue weighted by Crippen LogP contribution is 2.08. The molecule has 0 unspecified atom stereocenters. The van der Waals surface area contributed by atoms with Crippen LogP contribution < -0.4 is 0 Å². The molecule has 0 aliphatic rings. The van der Waals surface area contributed by atoms with Crippen molar-refractivity contribution in [1.82, 2.24) is 15.0 Å². The normalized spacial score (nSPS) is 10.0. The molecule has 0 aliphatic carbocycles. The quantitative estimate of drug-likeness (QED) is 0.585. The third kappa shape index (κ3) is 0.940. The molecule has 0 fully saturated rings. The van der Waals surface area contributed by atoms with Gasteiger partial charge in [0.05, 0.1) is 5.52 Å². The molecule has 0 spiro atoms. The second-order valence-electron chi connectivity index (χ2n) is 2.55. The standard InChI is InChI=1S/C9H7N3/c1-3-8-11-7-5-4-6(2)10-9(7)12-8/h1,4-5H,2H3,(H,10,11,12). The van der Waals surface area contributed by atoms with Crippen molar-refractivity contribution in [2.75, 3.05) is 0 Å². The van der Waals surface area contributed by atoms with Gasteiger partial charge in [-0.2, -0.15) is 0 Å². The summed E-state index contributed by atoms with van der Waals surface area (Å²) in [4.78, 5) is 11.3. The molecule has 0 aliphatic heterocycles. The van der Waals surface area contributed by atoms with Crippen LogP contribution in [0.1, 0.15) is 11.5 Å². The van der Waals surface area contributed by atoms with E-state index in [1.165, 1.54) is 0 Å². The number of nitrogens with one attached hydrogen (secondary N) is 1. The van der Waals surface area contributed by atoms with Gasteiger partial charge in [0.1, 0.15) is 0 Å². The Hall–Kier alpha value is -1.82. The summed E-state index contributed by atoms with van der Waals surface area (Å²) < 4.78 is 0. The van der Waals surface area contributed by atoms with Crippen LogP contribution in [0.15, 0.2) is 12.1 Å². The van der Waals surface area contributed by atoms with Gasteiger partial charge < -0.3 is 4.98 Å². The van der Waals surface area contributed by atoms with Crippen molar-refractivity contribution in [2.24, 2.45) is 0 Å². The summed E-state index contributed by atoms with van der Waals surface area (Å²) in [6, 6.07) is 3.84. The van der Waals surface area contributed by atoms with E-state index < -0.39 is 0 Å². The SMILES string of the molecule is C#Cc1nc2nc(C)ccc2[nH]1. The Balaban J connectivity index is 2.77. The highest BCUT2D eigenvalue weighted by molar-refractivity contribution is 5.71. The van der Waals surface area contributed by atoms with Gasteiger partial charge in [0.25, 0.3) is 0 Å². The number of aryl methyl sites for hydroxylation is 1. The third-order valence-corrected chi connectivity index (χ3v) is 1.62. The fourth-order valence-corrected chi connectivity index (χ4v) is 1.06. The summed E-state index contributed by atoms with van der Waals surface area (Å²) >= 11 is 0. The van der Waals surface area contributed by atoms with Crippen LogP contribution in [-0.2, 0) is 0 Å². The van der Waals surface area contributed by atoms with Crippen LogP contribution in [0.5, 0.6) is 0 Å². The number of terminal acetylenes is 1. The molecule has 1 N–H and O–H groups in total. The van der Waals surface area contributed by atoms with Gasteiger partial charge in [-0.15, -0.1) is 6.42 Å². The van der Waals surface area contributed by atoms with Crippen molar-refractivity contribution in [2.45, 2.75) is 6.92 Å². The molecule has 0 aromatic carbocycles. The highest BCUT2D eigenvalue weighted by Gasteiger charge is 2.00. The predicted octanol–water partition coefficient (Wildman–Crippen LogP) is 1.25. The maximum atomic E-state index is 5.18. The van der Waals surface area contributed by atoms with E-state index in [1.54, 1.807) is 0 Å². The summed E-state index contributed by atoms with van der Waals surface area (Å²) in [6.45, 7) is 1.92. The Morgan fingerprint density at radius 3 is 3.00 bits per heavy atom. The van der Waals surface area contributed by atoms with E-state index >= 15 is 0 Å². The average Bonchev–Trinajstić information content (AvgIpc) is 2.46. The van der Waals surface area contributed by atoms with Crippen molar-refractivity contribution in [1.29, 1.82) is 0 Å². The zero-order valence-corrected chi connectivity index (χ0v) is 6.63. The minimum Gasteiger partial charge on any atom is -0.330 e. The maximum Gasteiger partial charge on any atom is 0.185 e. The van der Waals surface area contributed by atoms with Gasteiger partial charge >= 0.3 is 0 Å². The Labute approximate surface area is 69.9 Å². The van der Waals surface area contributed by atoms with Crippen LogP contribution in [0.25, 0.3) is 11.2 Å². The first kappa shape index (κ1) is 6.86. The summed E-state index contributed by atoms with van der Waals surface area (Å²) in [6.07, 6.45) is 5.18. The van der Waals surface area contributed by atoms with Crippen molar-refractivity contribution in [3.05, 3.63) is 23.7 Å². The summed E-state index contributed by atoms with van der Waals surface area (Å²) in [5.41, 5.74) is 2.51. The Morgan fingerprint density at radius 2 is 2.25 bits per heavy atom. The lowest BCUT2D eigenvalue weighted by Gasteiger charge is -1.88. The maximum absolute atomic E-state index is 5.18. The van der Waals surface area contributed by atoms with E-state index in [1.807, 2.05) is 19.1 Å². The molecule has 2 aromatic rings. The average molecular weight is 157 g/mol. The van der Waals surface area contributed by atoms with Crippen LogP contribution in [0.3, 0.4) is 0 Å². The summed E-state index contributed by atoms with van der Waals surface area (Å²) in [7, 11) is 0. The number of fused-ring (bicyclic) bond motifs is 1. The number of nitrogens with zero attached hydrogens (tertiary/aromatic N) is 2. The number of hydrogen-bond acceptors (Lipinski definition) is 2. The monoisotopic (exact) mass is 157 g/mol. The van der Waals surface area contributed by atoms with E-state index in [-0.39, 0.29) is 0 Å². The van der Waals surface area contributed by atoms with E-state index in [9.17, 15) is 0 Å².